The maximum atomic E-state index is 13.0. The average molecular weight is 355 g/mol. The molecule has 2 amide bonds. The number of amides is 2. The van der Waals surface area contributed by atoms with Gasteiger partial charge in [-0.15, -0.1) is 0 Å². The van der Waals surface area contributed by atoms with Crippen LogP contribution < -0.4 is 14.8 Å². The molecule has 8 heteroatoms. The van der Waals surface area contributed by atoms with Crippen molar-refractivity contribution in [2.24, 2.45) is 0 Å². The first-order valence-corrected chi connectivity index (χ1v) is 8.03. The molecule has 0 aliphatic carbocycles. The maximum absolute atomic E-state index is 13.0. The fourth-order valence-electron chi connectivity index (χ4n) is 3.34. The number of halogens is 1. The van der Waals surface area contributed by atoms with E-state index >= 15 is 0 Å². The summed E-state index contributed by atoms with van der Waals surface area (Å²) < 4.78 is 15.8. The summed E-state index contributed by atoms with van der Waals surface area (Å²) in [4.78, 5) is 27.1. The van der Waals surface area contributed by atoms with Crippen LogP contribution in [0.3, 0.4) is 0 Å². The Labute approximate surface area is 144 Å². The average Bonchev–Trinajstić information content (AvgIpc) is 3.21. The Morgan fingerprint density at radius 1 is 1.42 bits per heavy atom. The van der Waals surface area contributed by atoms with Gasteiger partial charge in [-0.25, -0.2) is 0 Å². The third-order valence-corrected chi connectivity index (χ3v) is 4.72. The molecule has 1 atom stereocenters. The van der Waals surface area contributed by atoms with Crippen LogP contribution in [0.15, 0.2) is 12.1 Å². The Morgan fingerprint density at radius 3 is 2.92 bits per heavy atom. The van der Waals surface area contributed by atoms with Gasteiger partial charge in [-0.2, -0.15) is 0 Å². The van der Waals surface area contributed by atoms with Crippen LogP contribution in [0.2, 0.25) is 5.02 Å². The van der Waals surface area contributed by atoms with E-state index in [4.69, 9.17) is 25.8 Å². The number of hydrogen-bond acceptors (Lipinski definition) is 5. The van der Waals surface area contributed by atoms with Crippen molar-refractivity contribution in [3.05, 3.63) is 22.7 Å². The Morgan fingerprint density at radius 2 is 2.21 bits per heavy atom. The normalized spacial score (nSPS) is 21.9. The van der Waals surface area contributed by atoms with Crippen molar-refractivity contribution in [3.8, 4) is 11.5 Å². The molecule has 1 N–H and O–H groups in total. The molecule has 0 aromatic heterocycles. The van der Waals surface area contributed by atoms with E-state index < -0.39 is 5.54 Å². The predicted octanol–water partition coefficient (Wildman–Crippen LogP) is 1.44. The number of likely N-dealkylation sites (N-methyl/N-ethyl adjacent to an activating group) is 1. The fraction of sp³-hybridized carbons (Fsp3) is 0.500. The van der Waals surface area contributed by atoms with Gasteiger partial charge in [-0.1, -0.05) is 11.6 Å². The molecule has 1 aromatic rings. The highest BCUT2D eigenvalue weighted by molar-refractivity contribution is 6.32. The SMILES string of the molecule is CNC(=O)C1(COC)CCCN1C(=O)c1cc(Cl)c2c(c1)OCO2. The number of rotatable bonds is 4. The lowest BCUT2D eigenvalue weighted by atomic mass is 9.95. The minimum atomic E-state index is -1.01. The lowest BCUT2D eigenvalue weighted by Gasteiger charge is -2.36. The van der Waals surface area contributed by atoms with Gasteiger partial charge in [0, 0.05) is 26.3 Å². The molecule has 2 aliphatic rings. The van der Waals surface area contributed by atoms with E-state index in [1.54, 1.807) is 18.0 Å². The summed E-state index contributed by atoms with van der Waals surface area (Å²) in [6, 6.07) is 3.13. The number of carbonyl (C=O) groups excluding carboxylic acids is 2. The van der Waals surface area contributed by atoms with Gasteiger partial charge in [0.1, 0.15) is 5.54 Å². The molecule has 1 saturated heterocycles. The number of nitrogens with one attached hydrogen (secondary N) is 1. The lowest BCUT2D eigenvalue weighted by Crippen LogP contribution is -2.59. The summed E-state index contributed by atoms with van der Waals surface area (Å²) in [5.74, 6) is 0.349. The first-order valence-electron chi connectivity index (χ1n) is 7.66. The number of benzene rings is 1. The number of nitrogens with zero attached hydrogens (tertiary/aromatic N) is 1. The zero-order valence-corrected chi connectivity index (χ0v) is 14.3. The molecule has 1 aromatic carbocycles. The maximum Gasteiger partial charge on any atom is 0.255 e. The van der Waals surface area contributed by atoms with Crippen molar-refractivity contribution < 1.29 is 23.8 Å². The van der Waals surface area contributed by atoms with Gasteiger partial charge >= 0.3 is 0 Å². The van der Waals surface area contributed by atoms with Crippen LogP contribution >= 0.6 is 11.6 Å². The largest absolute Gasteiger partial charge is 0.454 e. The van der Waals surface area contributed by atoms with Gasteiger partial charge in [0.05, 0.1) is 11.6 Å². The molecule has 7 nitrogen and oxygen atoms in total. The highest BCUT2D eigenvalue weighted by Gasteiger charge is 2.49. The minimum absolute atomic E-state index is 0.0717. The quantitative estimate of drug-likeness (QED) is 0.885. The van der Waals surface area contributed by atoms with E-state index in [9.17, 15) is 9.59 Å². The summed E-state index contributed by atoms with van der Waals surface area (Å²) in [5, 5.41) is 2.95. The van der Waals surface area contributed by atoms with E-state index in [0.29, 0.717) is 35.1 Å². The zero-order valence-electron chi connectivity index (χ0n) is 13.6. The van der Waals surface area contributed by atoms with Crippen LogP contribution in [-0.2, 0) is 9.53 Å². The van der Waals surface area contributed by atoms with E-state index in [1.165, 1.54) is 13.2 Å². The molecule has 2 heterocycles. The number of likely N-dealkylation sites (tertiary alicyclic amines) is 1. The highest BCUT2D eigenvalue weighted by atomic mass is 35.5. The zero-order chi connectivity index (χ0) is 17.3. The molecule has 130 valence electrons. The van der Waals surface area contributed by atoms with E-state index in [-0.39, 0.29) is 25.2 Å². The first-order chi connectivity index (χ1) is 11.5. The highest BCUT2D eigenvalue weighted by Crippen LogP contribution is 2.41. The summed E-state index contributed by atoms with van der Waals surface area (Å²) >= 11 is 6.17. The van der Waals surface area contributed by atoms with Crippen molar-refractivity contribution in [1.82, 2.24) is 10.2 Å². The van der Waals surface area contributed by atoms with Crippen LogP contribution in [0.4, 0.5) is 0 Å². The second-order valence-electron chi connectivity index (χ2n) is 5.80. The number of methoxy groups -OCH3 is 1. The van der Waals surface area contributed by atoms with Crippen LogP contribution in [0.25, 0.3) is 0 Å². The van der Waals surface area contributed by atoms with Crippen LogP contribution in [0.5, 0.6) is 11.5 Å². The summed E-state index contributed by atoms with van der Waals surface area (Å²) in [6.07, 6.45) is 1.27. The third kappa shape index (κ3) is 2.57. The van der Waals surface area contributed by atoms with Gasteiger partial charge in [0.25, 0.3) is 5.91 Å². The summed E-state index contributed by atoms with van der Waals surface area (Å²) in [7, 11) is 3.07. The Kier molecular flexibility index (Phi) is 4.56. The molecule has 0 spiro atoms. The topological polar surface area (TPSA) is 77.1 Å². The Hall–Kier alpha value is -1.99. The second kappa shape index (κ2) is 6.49. The van der Waals surface area contributed by atoms with Crippen molar-refractivity contribution in [3.63, 3.8) is 0 Å². The number of fused-ring (bicyclic) bond motifs is 1. The predicted molar refractivity (Wildman–Crippen MR) is 86.5 cm³/mol. The Balaban J connectivity index is 1.96. The van der Waals surface area contributed by atoms with Gasteiger partial charge in [0.15, 0.2) is 11.5 Å². The lowest BCUT2D eigenvalue weighted by molar-refractivity contribution is -0.133. The number of ether oxygens (including phenoxy) is 3. The first kappa shape index (κ1) is 16.9. The summed E-state index contributed by atoms with van der Waals surface area (Å²) in [5.41, 5.74) is -0.654. The van der Waals surface area contributed by atoms with E-state index in [2.05, 4.69) is 5.32 Å². The summed E-state index contributed by atoms with van der Waals surface area (Å²) in [6.45, 7) is 0.681. The molecule has 0 saturated carbocycles. The van der Waals surface area contributed by atoms with Gasteiger partial charge in [0.2, 0.25) is 12.7 Å². The molecule has 0 radical (unpaired) electrons. The number of carbonyl (C=O) groups is 2. The van der Waals surface area contributed by atoms with Crippen LogP contribution in [-0.4, -0.2) is 56.4 Å². The Bertz CT molecular complexity index is 681. The van der Waals surface area contributed by atoms with Gasteiger partial charge in [-0.3, -0.25) is 9.59 Å². The van der Waals surface area contributed by atoms with E-state index in [1.807, 2.05) is 0 Å². The minimum Gasteiger partial charge on any atom is -0.454 e. The molecule has 0 bridgehead atoms. The van der Waals surface area contributed by atoms with Gasteiger partial charge in [-0.05, 0) is 25.0 Å². The molecule has 2 aliphatic heterocycles. The van der Waals surface area contributed by atoms with Gasteiger partial charge < -0.3 is 24.4 Å². The molecule has 1 unspecified atom stereocenters. The van der Waals surface area contributed by atoms with Crippen LogP contribution in [0, 0.1) is 0 Å². The molecular formula is C16H19ClN2O5. The smallest absolute Gasteiger partial charge is 0.255 e. The number of hydrogen-bond donors (Lipinski definition) is 1. The fourth-order valence-corrected chi connectivity index (χ4v) is 3.61. The molecule has 1 fully saturated rings. The van der Waals surface area contributed by atoms with Crippen molar-refractivity contribution >= 4 is 23.4 Å². The molecule has 3 rings (SSSR count). The monoisotopic (exact) mass is 354 g/mol. The van der Waals surface area contributed by atoms with Crippen molar-refractivity contribution in [2.75, 3.05) is 34.1 Å². The second-order valence-corrected chi connectivity index (χ2v) is 6.20. The standard InChI is InChI=1S/C16H19ClN2O5/c1-18-15(21)16(8-22-2)4-3-5-19(16)14(20)10-6-11(17)13-12(7-10)23-9-24-13/h6-7H,3-5,8-9H2,1-2H3,(H,18,21). The van der Waals surface area contributed by atoms with Crippen molar-refractivity contribution in [2.45, 2.75) is 18.4 Å². The van der Waals surface area contributed by atoms with Crippen molar-refractivity contribution in [1.29, 1.82) is 0 Å². The molecule has 24 heavy (non-hydrogen) atoms. The van der Waals surface area contributed by atoms with E-state index in [0.717, 1.165) is 6.42 Å². The third-order valence-electron chi connectivity index (χ3n) is 4.44. The molecular weight excluding hydrogens is 336 g/mol. The van der Waals surface area contributed by atoms with Crippen LogP contribution in [0.1, 0.15) is 23.2 Å².